The van der Waals surface area contributed by atoms with Gasteiger partial charge < -0.3 is 94.6 Å². The molecule has 0 aliphatic carbocycles. The Balaban J connectivity index is 1.28. The Morgan fingerprint density at radius 1 is 0.481 bits per heavy atom. The Hall–Kier alpha value is -13.8. The van der Waals surface area contributed by atoms with Crippen molar-refractivity contribution in [1.82, 2.24) is 67.8 Å². The van der Waals surface area contributed by atoms with Crippen LogP contribution in [0.15, 0.2) is 89.2 Å². The van der Waals surface area contributed by atoms with Gasteiger partial charge >= 0.3 is 35.8 Å². The highest BCUT2D eigenvalue weighted by Crippen LogP contribution is 2.20. The van der Waals surface area contributed by atoms with Crippen LogP contribution < -0.4 is 58.9 Å². The molecule has 2 aromatic heterocycles. The fourth-order valence-corrected chi connectivity index (χ4v) is 9.44. The summed E-state index contributed by atoms with van der Waals surface area (Å²) in [5.74, 6) is -21.5. The number of carboxylic acid groups (broad SMARTS) is 6. The Morgan fingerprint density at radius 2 is 0.885 bits per heavy atom. The van der Waals surface area contributed by atoms with Crippen molar-refractivity contribution in [3.8, 4) is 5.88 Å². The number of carbonyl (C=O) groups is 15. The van der Waals surface area contributed by atoms with Gasteiger partial charge in [0.15, 0.2) is 11.2 Å². The number of aliphatic carboxylic acids is 6. The largest absolute Gasteiger partial charge is 0.492 e. The van der Waals surface area contributed by atoms with Gasteiger partial charge in [-0.25, -0.2) is 19.6 Å². The van der Waals surface area contributed by atoms with Crippen LogP contribution in [0.2, 0.25) is 0 Å². The normalized spacial score (nSPS) is 12.8. The third-order valence-electron chi connectivity index (χ3n) is 14.6. The van der Waals surface area contributed by atoms with E-state index >= 15 is 0 Å². The van der Waals surface area contributed by atoms with E-state index in [1.54, 1.807) is 0 Å². The molecule has 0 bridgehead atoms. The minimum atomic E-state index is -2.27. The van der Waals surface area contributed by atoms with E-state index in [1.807, 2.05) is 10.6 Å². The van der Waals surface area contributed by atoms with Crippen LogP contribution in [0.25, 0.3) is 33.5 Å². The van der Waals surface area contributed by atoms with E-state index in [-0.39, 0.29) is 96.9 Å². The predicted octanol–water partition coefficient (Wildman–Crippen LogP) is 0.259. The van der Waals surface area contributed by atoms with Crippen LogP contribution in [0.1, 0.15) is 114 Å². The second-order valence-corrected chi connectivity index (χ2v) is 22.4. The number of hydrogen-bond acceptors (Lipinski definition) is 25. The molecule has 9 amide bonds. The highest BCUT2D eigenvalue weighted by molar-refractivity contribution is 6.01. The molecule has 104 heavy (non-hydrogen) atoms. The number of carboxylic acids is 6. The lowest BCUT2D eigenvalue weighted by atomic mass is 10.0. The number of nitrogen functional groups attached to an aromatic ring is 1. The molecule has 2 heterocycles. The molecular weight excluding hydrogens is 1380 g/mol. The van der Waals surface area contributed by atoms with E-state index in [0.717, 1.165) is 0 Å². The molecular formula is C61H69N21O22. The van der Waals surface area contributed by atoms with Crippen molar-refractivity contribution in [2.24, 2.45) is 10.2 Å². The average Bonchev–Trinajstić information content (AvgIpc) is 0.812. The van der Waals surface area contributed by atoms with Crippen molar-refractivity contribution in [3.05, 3.63) is 122 Å². The first-order chi connectivity index (χ1) is 50.0. The molecule has 5 aromatic rings. The second kappa shape index (κ2) is 40.3. The first kappa shape index (κ1) is 79.1. The predicted molar refractivity (Wildman–Crippen MR) is 354 cm³/mol. The maximum absolute atomic E-state index is 14.3. The summed E-state index contributed by atoms with van der Waals surface area (Å²) in [6.07, 6.45) is -6.09. The van der Waals surface area contributed by atoms with Crippen LogP contribution in [-0.2, 0) is 64.1 Å². The monoisotopic (exact) mass is 1450 g/mol. The molecule has 19 N–H and O–H groups in total. The first-order valence-electron chi connectivity index (χ1n) is 31.5. The van der Waals surface area contributed by atoms with E-state index in [2.05, 4.69) is 87.6 Å². The molecule has 0 aliphatic rings. The van der Waals surface area contributed by atoms with Gasteiger partial charge in [0.2, 0.25) is 47.3 Å². The van der Waals surface area contributed by atoms with Crippen LogP contribution in [-0.4, -0.2) is 200 Å². The van der Waals surface area contributed by atoms with Gasteiger partial charge in [-0.3, -0.25) is 62.3 Å². The molecule has 0 spiro atoms. The quantitative estimate of drug-likeness (QED) is 0.0108. The van der Waals surface area contributed by atoms with E-state index < -0.39 is 182 Å². The smallest absolute Gasteiger partial charge is 0.326 e. The number of rotatable bonds is 43. The van der Waals surface area contributed by atoms with Gasteiger partial charge in [-0.1, -0.05) is 34.5 Å². The number of nitrogens with zero attached hydrogens (tertiary/aromatic N) is 10. The fourth-order valence-electron chi connectivity index (χ4n) is 9.44. The summed E-state index contributed by atoms with van der Waals surface area (Å²) in [5, 5.41) is 93.1. The Labute approximate surface area is 586 Å². The summed E-state index contributed by atoms with van der Waals surface area (Å²) in [5.41, 5.74) is 24.3. The summed E-state index contributed by atoms with van der Waals surface area (Å²) in [6, 6.07) is 2.12. The van der Waals surface area contributed by atoms with Crippen molar-refractivity contribution in [2.75, 3.05) is 24.1 Å². The average molecular weight is 1450 g/mol. The summed E-state index contributed by atoms with van der Waals surface area (Å²) < 4.78 is 7.06. The summed E-state index contributed by atoms with van der Waals surface area (Å²) in [4.78, 5) is 217. The van der Waals surface area contributed by atoms with Crippen molar-refractivity contribution in [1.29, 1.82) is 1.43 Å². The van der Waals surface area contributed by atoms with Gasteiger partial charge in [0.1, 0.15) is 42.3 Å². The number of nitrogens with two attached hydrogens (primary N) is 1. The zero-order valence-electron chi connectivity index (χ0n) is 55.4. The minimum absolute atomic E-state index is 0.00624. The van der Waals surface area contributed by atoms with E-state index in [4.69, 9.17) is 18.2 Å². The van der Waals surface area contributed by atoms with Gasteiger partial charge in [-0.2, -0.15) is 9.97 Å². The SMILES string of the molecule is [2H]OC(=O)C[C@@H](NC(=O)CC[C@H](NC(=O)c1ccc(NCc2cnc3nc(N)nc(O)c3n2)cc1)C(=O)O)C(=O)N[C@@H](CC(=O)O)C(=O)N[C@@H](CCCCNC(=O)c1ccc(N=[N+]=[N-])cc1)C(=O)N[C@@H](CC(=O)O)C(=O)N[C@@H](CC(=O)O)C(=O)N[C@@H](CCCCNC(=O)c1ccc(N=[N+]=[N-])cc1)C(=O)O. The maximum atomic E-state index is 14.3. The Kier molecular flexibility index (Phi) is 30.6. The molecule has 0 unspecified atom stereocenters. The number of anilines is 2. The minimum Gasteiger partial charge on any atom is -0.492 e. The lowest BCUT2D eigenvalue weighted by Crippen LogP contribution is -2.60. The number of benzene rings is 3. The number of azide groups is 2. The second-order valence-electron chi connectivity index (χ2n) is 22.4. The number of aromatic nitrogens is 4. The van der Waals surface area contributed by atoms with Gasteiger partial charge in [0.25, 0.3) is 19.2 Å². The Morgan fingerprint density at radius 3 is 1.34 bits per heavy atom. The molecule has 0 saturated heterocycles. The maximum Gasteiger partial charge on any atom is 0.326 e. The van der Waals surface area contributed by atoms with Gasteiger partial charge in [0.05, 0.1) is 44.1 Å². The van der Waals surface area contributed by atoms with Crippen LogP contribution in [0, 0.1) is 0 Å². The third kappa shape index (κ3) is 27.1. The van der Waals surface area contributed by atoms with Crippen LogP contribution >= 0.6 is 0 Å². The molecule has 0 radical (unpaired) electrons. The molecule has 0 fully saturated rings. The zero-order chi connectivity index (χ0) is 77.3. The number of hydrogen-bond donors (Lipinski definition) is 18. The lowest BCUT2D eigenvalue weighted by Gasteiger charge is -2.26. The lowest BCUT2D eigenvalue weighted by molar-refractivity contribution is -0.145. The van der Waals surface area contributed by atoms with E-state index in [0.29, 0.717) is 11.4 Å². The van der Waals surface area contributed by atoms with Crippen LogP contribution in [0.5, 0.6) is 5.88 Å². The van der Waals surface area contributed by atoms with Crippen molar-refractivity contribution in [3.63, 3.8) is 0 Å². The first-order valence-corrected chi connectivity index (χ1v) is 31.1. The number of nitrogens with one attached hydrogen (secondary N) is 10. The van der Waals surface area contributed by atoms with E-state index in [9.17, 15) is 103 Å². The number of fused-ring (bicyclic) bond motifs is 1. The molecule has 43 heteroatoms. The Bertz CT molecular complexity index is 4160. The number of amides is 9. The third-order valence-corrected chi connectivity index (χ3v) is 14.6. The van der Waals surface area contributed by atoms with Gasteiger partial charge in [-0.15, -0.1) is 0 Å². The molecule has 0 saturated carbocycles. The topological polar surface area (TPSA) is 693 Å². The highest BCUT2D eigenvalue weighted by Gasteiger charge is 2.36. The van der Waals surface area contributed by atoms with Crippen molar-refractivity contribution >= 4 is 123 Å². The molecule has 550 valence electrons. The van der Waals surface area contributed by atoms with Crippen LogP contribution in [0.3, 0.4) is 0 Å². The van der Waals surface area contributed by atoms with Gasteiger partial charge in [0, 0.05) is 63.1 Å². The molecule has 7 atom stereocenters. The number of unbranched alkanes of at least 4 members (excludes halogenated alkanes) is 2. The fraction of sp³-hybridized carbons (Fsp3) is 0.361. The van der Waals surface area contributed by atoms with E-state index in [1.165, 1.54) is 79.0 Å². The number of aromatic hydroxyl groups is 1. The van der Waals surface area contributed by atoms with Crippen molar-refractivity contribution in [2.45, 2.75) is 126 Å². The van der Waals surface area contributed by atoms with Gasteiger partial charge in [-0.05, 0) is 105 Å². The summed E-state index contributed by atoms with van der Waals surface area (Å²) in [7, 11) is 0. The summed E-state index contributed by atoms with van der Waals surface area (Å²) in [6.45, 7) is -0.0781. The molecule has 0 aliphatic heterocycles. The highest BCUT2D eigenvalue weighted by atomic mass is 16.4. The molecule has 5 rings (SSSR count). The van der Waals surface area contributed by atoms with Crippen LogP contribution in [0.4, 0.5) is 23.0 Å². The standard InChI is InChI=1S/C61H69N21O22/c62-61-77-49-48(58(100)78-61)69-35(28-68-49)27-67-32-13-7-31(8-14-32)52(94)72-38(60(103)104)19-20-43(83)70-39(23-44(84)85)54(96)75-40(24-45(86)87)55(97)71-36(5-1-3-21-65-50(92)29-9-15-33(16-10-29)79-81-63)53(95)74-42(26-47(90)91)57(99)76-41(25-46(88)89)56(98)73-37(59(101)102)6-2-4-22-66-51(93)30-11-17-34(18-12-30)80-82-64/h7-18,28,36-42,67H,1-6,19-27H2,(H,65,92)(H,66,93)(H,70,83)(H,71,97)(H,72,94)(H,73,98)(H,74,95)(H,75,96)(H,76,99)(H,84,85)(H,86,87)(H,88,89)(H,90,91)(H,101,102)(H,103,104)(H3,62,68,77,78,100)/t36-,37-,38-,39+,40-,41-,42-/m0/s1/i/hD. The van der Waals surface area contributed by atoms with Crippen molar-refractivity contribution < 1.29 is 108 Å². The molecule has 43 nitrogen and oxygen atoms in total. The zero-order valence-corrected chi connectivity index (χ0v) is 54.4. The molecule has 3 aromatic carbocycles. The summed E-state index contributed by atoms with van der Waals surface area (Å²) >= 11 is 0. The number of carbonyl (C=O) groups excluding carboxylic acids is 9.